The standard InChI is InChI=1S/C83H109ClN12O19S2/c1-47-20-19-26-67(112-10)82(110)44-66(113-81(109)93-82)48(2)73-49(3)83(114-73,45-70(101)95(7)64-41-54(38-47)42-65(111-9)71(64)84)115-80(108)50(4)94(6)69(100)33-36-116-117-37-35-86-68(99)32-31-63-77(105)90-60(39-53-27-29-56(98)30-28-53)75(103)89-61(43-55-46-87-58-24-17-16-23-57(55)58)76(104)88-59(25-15-12-18-34-85)74(102)92-72(51(5)97)78(106)91-62(79(107)96(63)8)40-52-21-13-11-14-22-52/h11,13-14,16-17,19-24,26-30,41-42,46,48-51,59-63,66-67,72-73,87,97-98,110H,12,15,18,25,31-40,43-45,85H2,1-10H3,(H,86,99)(H,88,104)(H,89,103)(H,90,105)(H,91,106)(H,92,102)(H,93,109)/b26-19+,47-20+/t48-,49+,50+,51-,59+,60+,61-,62+,63+,66+,67-,72+,73+,82+,83?/m1/s1. The fourth-order valence-electron chi connectivity index (χ4n) is 14.8. The molecule has 5 aliphatic heterocycles. The van der Waals surface area contributed by atoms with Crippen LogP contribution in [0.15, 0.2) is 121 Å². The zero-order valence-corrected chi connectivity index (χ0v) is 69.9. The van der Waals surface area contributed by atoms with Crippen LogP contribution in [0.1, 0.15) is 115 Å². The molecule has 10 amide bonds. The molecule has 34 heteroatoms. The van der Waals surface area contributed by atoms with E-state index in [-0.39, 0.29) is 74.4 Å². The molecule has 6 heterocycles. The number of phenolic OH excluding ortho intramolecular Hbond substituents is 1. The number of carbonyl (C=O) groups excluding carboxylic acids is 11. The molecule has 3 saturated heterocycles. The lowest BCUT2D eigenvalue weighted by Gasteiger charge is -2.55. The van der Waals surface area contributed by atoms with Crippen molar-refractivity contribution in [2.75, 3.05) is 64.9 Å². The van der Waals surface area contributed by atoms with Gasteiger partial charge in [-0.1, -0.05) is 144 Å². The third-order valence-corrected chi connectivity index (χ3v) is 24.7. The molecule has 15 atom stereocenters. The van der Waals surface area contributed by atoms with Crippen LogP contribution < -0.4 is 52.6 Å². The van der Waals surface area contributed by atoms with Crippen molar-refractivity contribution in [3.63, 3.8) is 0 Å². The van der Waals surface area contributed by atoms with E-state index >= 15 is 14.4 Å². The molecule has 634 valence electrons. The number of amides is 10. The number of hydrogen-bond acceptors (Lipinski definition) is 22. The summed E-state index contributed by atoms with van der Waals surface area (Å²) in [6, 6.07) is 15.1. The molecule has 0 spiro atoms. The zero-order valence-electron chi connectivity index (χ0n) is 67.5. The van der Waals surface area contributed by atoms with Crippen LogP contribution >= 0.6 is 33.2 Å². The van der Waals surface area contributed by atoms with E-state index in [4.69, 9.17) is 41.0 Å². The third kappa shape index (κ3) is 23.8. The second kappa shape index (κ2) is 42.1. The molecule has 117 heavy (non-hydrogen) atoms. The van der Waals surface area contributed by atoms with Gasteiger partial charge in [0.05, 0.1) is 31.4 Å². The van der Waals surface area contributed by atoms with E-state index in [9.17, 15) is 53.7 Å². The van der Waals surface area contributed by atoms with Gasteiger partial charge >= 0.3 is 12.1 Å². The number of methoxy groups -OCH3 is 2. The van der Waals surface area contributed by atoms with Crippen LogP contribution in [-0.2, 0) is 92.6 Å². The molecule has 3 fully saturated rings. The van der Waals surface area contributed by atoms with Crippen molar-refractivity contribution in [1.29, 1.82) is 0 Å². The average Bonchev–Trinajstić information content (AvgIpc) is 1.06. The van der Waals surface area contributed by atoms with Gasteiger partial charge in [-0.3, -0.25) is 48.5 Å². The van der Waals surface area contributed by atoms with Crippen molar-refractivity contribution in [1.82, 2.24) is 52.0 Å². The second-order valence-corrected chi connectivity index (χ2v) is 33.4. The van der Waals surface area contributed by atoms with E-state index in [1.165, 1.54) is 92.7 Å². The number of ether oxygens (including phenoxy) is 5. The average molecular weight is 1680 g/mol. The molecule has 5 aliphatic rings. The minimum absolute atomic E-state index is 0.0446. The Bertz CT molecular complexity index is 4420. The molecule has 0 saturated carbocycles. The predicted octanol–water partition coefficient (Wildman–Crippen LogP) is 5.47. The Morgan fingerprint density at radius 1 is 0.786 bits per heavy atom. The van der Waals surface area contributed by atoms with Gasteiger partial charge in [-0.15, -0.1) is 0 Å². The Kier molecular flexibility index (Phi) is 32.8. The first-order valence-corrected chi connectivity index (χ1v) is 42.1. The van der Waals surface area contributed by atoms with Crippen molar-refractivity contribution in [2.45, 2.75) is 196 Å². The van der Waals surface area contributed by atoms with Crippen molar-refractivity contribution in [3.8, 4) is 11.5 Å². The number of H-pyrrole nitrogens is 1. The number of benzene rings is 4. The summed E-state index contributed by atoms with van der Waals surface area (Å²) in [4.78, 5) is 167. The topological polar surface area (TPSA) is 430 Å². The number of rotatable bonds is 27. The van der Waals surface area contributed by atoms with Crippen LogP contribution in [0.2, 0.25) is 5.02 Å². The highest BCUT2D eigenvalue weighted by molar-refractivity contribution is 8.76. The molecule has 13 N–H and O–H groups in total. The van der Waals surface area contributed by atoms with E-state index in [0.29, 0.717) is 66.1 Å². The number of hydrogen-bond donors (Lipinski definition) is 12. The Morgan fingerprint density at radius 3 is 2.13 bits per heavy atom. The predicted molar refractivity (Wildman–Crippen MR) is 442 cm³/mol. The zero-order chi connectivity index (χ0) is 85.0. The second-order valence-electron chi connectivity index (χ2n) is 30.3. The number of aromatic nitrogens is 1. The number of aromatic hydroxyl groups is 1. The van der Waals surface area contributed by atoms with E-state index < -0.39 is 162 Å². The number of aromatic amines is 1. The number of nitrogens with one attached hydrogen (secondary N) is 8. The molecule has 10 rings (SSSR count). The first-order chi connectivity index (χ1) is 55.8. The Labute approximate surface area is 693 Å². The van der Waals surface area contributed by atoms with Gasteiger partial charge in [0.1, 0.15) is 71.0 Å². The van der Waals surface area contributed by atoms with Crippen LogP contribution in [0, 0.1) is 11.8 Å². The van der Waals surface area contributed by atoms with Gasteiger partial charge in [0, 0.05) is 114 Å². The number of fused-ring (bicyclic) bond motifs is 6. The number of allylic oxidation sites excluding steroid dienone is 3. The van der Waals surface area contributed by atoms with Gasteiger partial charge in [0.15, 0.2) is 5.72 Å². The smallest absolute Gasteiger partial charge is 0.409 e. The van der Waals surface area contributed by atoms with Crippen LogP contribution in [0.3, 0.4) is 0 Å². The summed E-state index contributed by atoms with van der Waals surface area (Å²) < 4.78 is 29.9. The molecule has 1 unspecified atom stereocenters. The highest BCUT2D eigenvalue weighted by Gasteiger charge is 2.62. The number of alkyl carbamates (subject to hydrolysis) is 1. The van der Waals surface area contributed by atoms with E-state index in [1.54, 1.807) is 92.9 Å². The number of phenols is 1. The summed E-state index contributed by atoms with van der Waals surface area (Å²) in [7, 11) is 9.78. The number of likely N-dealkylation sites (N-methyl/N-ethyl adjacent to an activating group) is 2. The van der Waals surface area contributed by atoms with Crippen molar-refractivity contribution >= 4 is 115 Å². The Balaban J connectivity index is 0.875. The quantitative estimate of drug-likeness (QED) is 0.0176. The van der Waals surface area contributed by atoms with Gasteiger partial charge in [0.2, 0.25) is 59.0 Å². The van der Waals surface area contributed by atoms with E-state index in [1.807, 2.05) is 31.2 Å². The maximum atomic E-state index is 15.3. The number of anilines is 1. The number of esters is 1. The number of halogens is 1. The SMILES string of the molecule is COc1cc2cc(c1Cl)N(C)C(=O)CC1(OC(=O)[C@H](C)N(C)C(=O)CCSSCCNC(=O)CC[C@H]3C(=O)N[C@@H](Cc4ccc(O)cc4)C(=O)N[C@H](Cc4c[nH]c5ccccc45)C(=O)N[C@@H](CCCCCN)C(=O)N[C@@H]([C@@H](C)O)C(=O)N[C@@H](Cc4ccccc4)C(=O)N3C)O[C@@H]([C@H](C)[C@@H]3C[C@@](O)(NC(=O)O3)[C@H](OC)/C=C/C=C(\C)C2)[C@@H]1C. The number of aliphatic hydroxyl groups excluding tert-OH is 1. The van der Waals surface area contributed by atoms with E-state index in [2.05, 4.69) is 42.2 Å². The molecule has 0 aliphatic carbocycles. The normalized spacial score (nSPS) is 26.5. The van der Waals surface area contributed by atoms with Crippen molar-refractivity contribution < 1.29 is 91.7 Å². The minimum Gasteiger partial charge on any atom is -0.508 e. The lowest BCUT2D eigenvalue weighted by atomic mass is 9.75. The summed E-state index contributed by atoms with van der Waals surface area (Å²) in [5.41, 5.74) is 8.18. The molecule has 31 nitrogen and oxygen atoms in total. The van der Waals surface area contributed by atoms with E-state index in [0.717, 1.165) is 26.9 Å². The number of para-hydroxylation sites is 1. The monoisotopic (exact) mass is 1680 g/mol. The third-order valence-electron chi connectivity index (χ3n) is 21.9. The lowest BCUT2D eigenvalue weighted by Crippen LogP contribution is -2.68. The fourth-order valence-corrected chi connectivity index (χ4v) is 17.0. The van der Waals surface area contributed by atoms with Crippen LogP contribution in [0.4, 0.5) is 10.5 Å². The molecule has 0 radical (unpaired) electrons. The maximum absolute atomic E-state index is 15.3. The molecule has 6 bridgehead atoms. The number of nitrogens with zero attached hydrogens (tertiary/aromatic N) is 3. The van der Waals surface area contributed by atoms with Crippen molar-refractivity contribution in [3.05, 3.63) is 148 Å². The molecule has 1 aromatic heterocycles. The maximum Gasteiger partial charge on any atom is 0.409 e. The molecule has 5 aromatic rings. The van der Waals surface area contributed by atoms with Crippen molar-refractivity contribution in [2.24, 2.45) is 17.6 Å². The van der Waals surface area contributed by atoms with Gasteiger partial charge in [0.25, 0.3) is 0 Å². The van der Waals surface area contributed by atoms with Gasteiger partial charge < -0.3 is 96.3 Å². The summed E-state index contributed by atoms with van der Waals surface area (Å²) >= 11 is 6.89. The lowest BCUT2D eigenvalue weighted by molar-refractivity contribution is -0.377. The fraction of sp³-hybridized carbons (Fsp3) is 0.506. The van der Waals surface area contributed by atoms with Crippen LogP contribution in [0.5, 0.6) is 11.5 Å². The minimum atomic E-state index is -1.93. The highest BCUT2D eigenvalue weighted by Crippen LogP contribution is 2.49. The molecular weight excluding hydrogens is 1570 g/mol. The Hall–Kier alpha value is -9.74. The molecule has 4 aromatic carbocycles. The van der Waals surface area contributed by atoms with Gasteiger partial charge in [-0.25, -0.2) is 9.59 Å². The van der Waals surface area contributed by atoms with Crippen LogP contribution in [-0.4, -0.2) is 234 Å². The number of carbonyl (C=O) groups is 11. The molecular formula is C83H109ClN12O19S2. The number of unbranched alkanes of at least 4 members (excludes halogenated alkanes) is 2. The van der Waals surface area contributed by atoms with Gasteiger partial charge in [-0.05, 0) is 106 Å². The summed E-state index contributed by atoms with van der Waals surface area (Å²) in [6.07, 6.45) is 1.70. The Morgan fingerprint density at radius 2 is 1.44 bits per heavy atom. The largest absolute Gasteiger partial charge is 0.508 e. The first kappa shape index (κ1) is 91.2. The number of nitrogens with two attached hydrogens (primary N) is 1. The van der Waals surface area contributed by atoms with Crippen LogP contribution in [0.25, 0.3) is 10.9 Å². The first-order valence-electron chi connectivity index (χ1n) is 39.2. The van der Waals surface area contributed by atoms with Gasteiger partial charge in [-0.2, -0.15) is 0 Å². The number of aliphatic hydroxyl groups is 2. The summed E-state index contributed by atoms with van der Waals surface area (Å²) in [5.74, 6) is -10.1. The highest BCUT2D eigenvalue weighted by atomic mass is 35.5. The summed E-state index contributed by atoms with van der Waals surface area (Å²) in [6.45, 7) is 8.58. The summed E-state index contributed by atoms with van der Waals surface area (Å²) in [5, 5.41) is 53.5.